The number of aromatic nitrogens is 4. The Morgan fingerprint density at radius 3 is 2.46 bits per heavy atom. The van der Waals surface area contributed by atoms with Gasteiger partial charge in [0.15, 0.2) is 5.65 Å². The number of hydrogen-bond donors (Lipinski definition) is 1. The van der Waals surface area contributed by atoms with E-state index in [0.29, 0.717) is 0 Å². The first kappa shape index (κ1) is 18.2. The molecule has 3 rings (SSSR count). The summed E-state index contributed by atoms with van der Waals surface area (Å²) in [6.07, 6.45) is 5.86. The van der Waals surface area contributed by atoms with Gasteiger partial charge in [0.2, 0.25) is 0 Å². The molecule has 3 aromatic rings. The lowest BCUT2D eigenvalue weighted by molar-refractivity contribution is 0.712. The van der Waals surface area contributed by atoms with E-state index in [0.717, 1.165) is 65.7 Å². The normalized spacial score (nSPS) is 11.1. The summed E-state index contributed by atoms with van der Waals surface area (Å²) in [5.74, 6) is 2.79. The molecule has 0 saturated carbocycles. The fourth-order valence-electron chi connectivity index (χ4n) is 3.32. The van der Waals surface area contributed by atoms with Crippen molar-refractivity contribution in [2.75, 3.05) is 23.3 Å². The molecule has 0 unspecified atom stereocenters. The third kappa shape index (κ3) is 3.49. The van der Waals surface area contributed by atoms with Crippen LogP contribution in [0.1, 0.15) is 43.4 Å². The van der Waals surface area contributed by atoms with Gasteiger partial charge in [-0.25, -0.2) is 9.97 Å². The number of rotatable bonds is 7. The van der Waals surface area contributed by atoms with E-state index >= 15 is 0 Å². The highest BCUT2D eigenvalue weighted by molar-refractivity contribution is 5.69. The van der Waals surface area contributed by atoms with Gasteiger partial charge in [-0.15, -0.1) is 0 Å². The van der Waals surface area contributed by atoms with Gasteiger partial charge in [0, 0.05) is 30.9 Å². The van der Waals surface area contributed by atoms with Gasteiger partial charge in [-0.05, 0) is 44.7 Å². The molecule has 0 aliphatic rings. The predicted octanol–water partition coefficient (Wildman–Crippen LogP) is 4.42. The van der Waals surface area contributed by atoms with Crippen LogP contribution in [-0.4, -0.2) is 32.7 Å². The predicted molar refractivity (Wildman–Crippen MR) is 108 cm³/mol. The number of aryl methyl sites for hydroxylation is 2. The number of nitrogens with zero attached hydrogens (tertiary/aromatic N) is 5. The third-order valence-electron chi connectivity index (χ3n) is 4.48. The SMILES string of the molecule is CCCN(CCC)c1c(C)c(Nc2ncc(C)cc2C)nc2ccnn12. The summed E-state index contributed by atoms with van der Waals surface area (Å²) < 4.78 is 1.95. The largest absolute Gasteiger partial charge is 0.356 e. The summed E-state index contributed by atoms with van der Waals surface area (Å²) in [7, 11) is 0. The average Bonchev–Trinajstić information content (AvgIpc) is 3.06. The molecule has 0 fully saturated rings. The van der Waals surface area contributed by atoms with E-state index in [9.17, 15) is 0 Å². The molecule has 138 valence electrons. The molecule has 6 nitrogen and oxygen atoms in total. The van der Waals surface area contributed by atoms with Crippen molar-refractivity contribution in [2.45, 2.75) is 47.5 Å². The molecule has 6 heteroatoms. The summed E-state index contributed by atoms with van der Waals surface area (Å²) in [6, 6.07) is 4.07. The van der Waals surface area contributed by atoms with Gasteiger partial charge >= 0.3 is 0 Å². The molecule has 3 heterocycles. The van der Waals surface area contributed by atoms with E-state index < -0.39 is 0 Å². The molecule has 0 bridgehead atoms. The van der Waals surface area contributed by atoms with Crippen LogP contribution in [-0.2, 0) is 0 Å². The van der Waals surface area contributed by atoms with Crippen molar-refractivity contribution >= 4 is 23.1 Å². The summed E-state index contributed by atoms with van der Waals surface area (Å²) in [5.41, 5.74) is 4.20. The van der Waals surface area contributed by atoms with Gasteiger partial charge in [-0.1, -0.05) is 19.9 Å². The van der Waals surface area contributed by atoms with Crippen LogP contribution in [0.25, 0.3) is 5.65 Å². The van der Waals surface area contributed by atoms with Crippen molar-refractivity contribution in [3.8, 4) is 0 Å². The Hall–Kier alpha value is -2.63. The minimum atomic E-state index is 0.838. The topological polar surface area (TPSA) is 58.3 Å². The van der Waals surface area contributed by atoms with Crippen molar-refractivity contribution in [1.29, 1.82) is 0 Å². The first-order chi connectivity index (χ1) is 12.5. The fraction of sp³-hybridized carbons (Fsp3) is 0.450. The zero-order valence-electron chi connectivity index (χ0n) is 16.4. The van der Waals surface area contributed by atoms with E-state index in [1.54, 1.807) is 6.20 Å². The molecule has 0 aliphatic carbocycles. The van der Waals surface area contributed by atoms with Gasteiger partial charge in [0.1, 0.15) is 17.5 Å². The van der Waals surface area contributed by atoms with Crippen LogP contribution >= 0.6 is 0 Å². The summed E-state index contributed by atoms with van der Waals surface area (Å²) >= 11 is 0. The number of fused-ring (bicyclic) bond motifs is 1. The Labute approximate surface area is 155 Å². The second-order valence-electron chi connectivity index (χ2n) is 6.80. The summed E-state index contributed by atoms with van der Waals surface area (Å²) in [6.45, 7) is 12.6. The third-order valence-corrected chi connectivity index (χ3v) is 4.48. The first-order valence-corrected chi connectivity index (χ1v) is 9.34. The molecule has 0 spiro atoms. The zero-order chi connectivity index (χ0) is 18.7. The van der Waals surface area contributed by atoms with Crippen molar-refractivity contribution in [3.05, 3.63) is 41.2 Å². The Balaban J connectivity index is 2.10. The molecule has 0 radical (unpaired) electrons. The lowest BCUT2D eigenvalue weighted by Crippen LogP contribution is -2.28. The minimum absolute atomic E-state index is 0.838. The van der Waals surface area contributed by atoms with Gasteiger partial charge < -0.3 is 10.2 Å². The lowest BCUT2D eigenvalue weighted by atomic mass is 10.2. The highest BCUT2D eigenvalue weighted by Crippen LogP contribution is 2.29. The number of nitrogens with one attached hydrogen (secondary N) is 1. The minimum Gasteiger partial charge on any atom is -0.356 e. The van der Waals surface area contributed by atoms with E-state index in [-0.39, 0.29) is 0 Å². The molecule has 0 atom stereocenters. The molecule has 3 aromatic heterocycles. The number of hydrogen-bond acceptors (Lipinski definition) is 5. The van der Waals surface area contributed by atoms with Gasteiger partial charge in [-0.3, -0.25) is 0 Å². The van der Waals surface area contributed by atoms with Crippen LogP contribution in [0.4, 0.5) is 17.5 Å². The highest BCUT2D eigenvalue weighted by atomic mass is 15.4. The standard InChI is InChI=1S/C20H28N6/c1-6-10-25(11-7-2)20-16(5)19(23-17-8-9-22-26(17)20)24-18-15(4)12-14(3)13-21-18/h8-9,12-13H,6-7,10-11H2,1-5H3,(H,21,23,24). The van der Waals surface area contributed by atoms with Crippen molar-refractivity contribution in [1.82, 2.24) is 19.6 Å². The zero-order valence-corrected chi connectivity index (χ0v) is 16.4. The van der Waals surface area contributed by atoms with Crippen LogP contribution < -0.4 is 10.2 Å². The molecule has 1 N–H and O–H groups in total. The first-order valence-electron chi connectivity index (χ1n) is 9.34. The van der Waals surface area contributed by atoms with E-state index in [1.165, 1.54) is 0 Å². The number of pyridine rings is 1. The average molecular weight is 352 g/mol. The van der Waals surface area contributed by atoms with Gasteiger partial charge in [-0.2, -0.15) is 9.61 Å². The molecule has 0 aliphatic heterocycles. The van der Waals surface area contributed by atoms with E-state index in [1.807, 2.05) is 16.8 Å². The molecule has 0 amide bonds. The molecule has 26 heavy (non-hydrogen) atoms. The van der Waals surface area contributed by atoms with Crippen LogP contribution in [0.5, 0.6) is 0 Å². The van der Waals surface area contributed by atoms with Crippen LogP contribution in [0.2, 0.25) is 0 Å². The Morgan fingerprint density at radius 2 is 1.81 bits per heavy atom. The fourth-order valence-corrected chi connectivity index (χ4v) is 3.32. The smallest absolute Gasteiger partial charge is 0.159 e. The summed E-state index contributed by atoms with van der Waals surface area (Å²) in [5, 5.41) is 7.95. The van der Waals surface area contributed by atoms with Crippen LogP contribution in [0.3, 0.4) is 0 Å². The molecule has 0 saturated heterocycles. The maximum atomic E-state index is 4.78. The van der Waals surface area contributed by atoms with Crippen molar-refractivity contribution < 1.29 is 0 Å². The van der Waals surface area contributed by atoms with Crippen LogP contribution in [0.15, 0.2) is 24.5 Å². The second kappa shape index (κ2) is 7.72. The highest BCUT2D eigenvalue weighted by Gasteiger charge is 2.18. The number of anilines is 3. The van der Waals surface area contributed by atoms with E-state index in [2.05, 4.69) is 61.0 Å². The quantitative estimate of drug-likeness (QED) is 0.682. The maximum absolute atomic E-state index is 4.78. The Morgan fingerprint density at radius 1 is 1.08 bits per heavy atom. The second-order valence-corrected chi connectivity index (χ2v) is 6.80. The lowest BCUT2D eigenvalue weighted by Gasteiger charge is -2.27. The molecular formula is C20H28N6. The van der Waals surface area contributed by atoms with Crippen molar-refractivity contribution in [3.63, 3.8) is 0 Å². The maximum Gasteiger partial charge on any atom is 0.159 e. The summed E-state index contributed by atoms with van der Waals surface area (Å²) in [4.78, 5) is 11.7. The Kier molecular flexibility index (Phi) is 5.40. The van der Waals surface area contributed by atoms with Crippen LogP contribution in [0, 0.1) is 20.8 Å². The molecule has 0 aromatic carbocycles. The van der Waals surface area contributed by atoms with Gasteiger partial charge in [0.25, 0.3) is 0 Å². The van der Waals surface area contributed by atoms with Gasteiger partial charge in [0.05, 0.1) is 6.20 Å². The van der Waals surface area contributed by atoms with Crippen molar-refractivity contribution in [2.24, 2.45) is 0 Å². The molecular weight excluding hydrogens is 324 g/mol. The van der Waals surface area contributed by atoms with E-state index in [4.69, 9.17) is 4.98 Å². The Bertz CT molecular complexity index is 893. The monoisotopic (exact) mass is 352 g/mol.